The molecule has 0 radical (unpaired) electrons. The highest BCUT2D eigenvalue weighted by atomic mass is 19.1. The van der Waals surface area contributed by atoms with E-state index in [0.29, 0.717) is 11.3 Å². The van der Waals surface area contributed by atoms with E-state index < -0.39 is 0 Å². The largest absolute Gasteiger partial charge is 0.424 e. The summed E-state index contributed by atoms with van der Waals surface area (Å²) in [5, 5.41) is 3.02. The Morgan fingerprint density at radius 2 is 1.50 bits per heavy atom. The molecule has 5 nitrogen and oxygen atoms in total. The molecule has 6 heteroatoms. The molecular weight excluding hydrogens is 405 g/mol. The van der Waals surface area contributed by atoms with Crippen LogP contribution in [0, 0.1) is 12.7 Å². The number of hydrogen-bond acceptors (Lipinski definition) is 4. The number of aromatic nitrogens is 2. The van der Waals surface area contributed by atoms with Crippen molar-refractivity contribution in [2.24, 2.45) is 0 Å². The number of halogens is 1. The molecule has 0 saturated carbocycles. The fourth-order valence-corrected chi connectivity index (χ4v) is 3.16. The number of carbonyl (C=O) groups is 1. The molecule has 1 N–H and O–H groups in total. The molecule has 0 spiro atoms. The Hall–Kier alpha value is -4.06. The average molecular weight is 427 g/mol. The molecule has 0 aliphatic rings. The smallest absolute Gasteiger partial charge is 0.321 e. The number of hydrogen-bond donors (Lipinski definition) is 1. The molecule has 1 heterocycles. The lowest BCUT2D eigenvalue weighted by atomic mass is 10.0. The number of aryl methyl sites for hydroxylation is 1. The quantitative estimate of drug-likeness (QED) is 0.418. The van der Waals surface area contributed by atoms with Crippen LogP contribution in [-0.2, 0) is 0 Å². The Bertz CT molecular complexity index is 1190. The van der Waals surface area contributed by atoms with Gasteiger partial charge in [-0.05, 0) is 61.4 Å². The second-order valence-electron chi connectivity index (χ2n) is 7.49. The zero-order chi connectivity index (χ0) is 22.5. The molecular formula is C26H22FN3O2. The maximum Gasteiger partial charge on any atom is 0.321 e. The summed E-state index contributed by atoms with van der Waals surface area (Å²) in [5.74, 6) is -0.0198. The molecule has 1 aromatic heterocycles. The number of rotatable bonds is 6. The van der Waals surface area contributed by atoms with E-state index in [-0.39, 0.29) is 23.8 Å². The van der Waals surface area contributed by atoms with Crippen molar-refractivity contribution in [2.45, 2.75) is 19.9 Å². The fourth-order valence-electron chi connectivity index (χ4n) is 3.16. The van der Waals surface area contributed by atoms with Crippen molar-refractivity contribution in [2.75, 3.05) is 0 Å². The van der Waals surface area contributed by atoms with Gasteiger partial charge in [0.05, 0.1) is 6.04 Å². The van der Waals surface area contributed by atoms with Gasteiger partial charge >= 0.3 is 6.01 Å². The summed E-state index contributed by atoms with van der Waals surface area (Å²) in [6, 6.07) is 21.1. The number of ether oxygens (including phenoxy) is 1. The van der Waals surface area contributed by atoms with Crippen LogP contribution in [0.3, 0.4) is 0 Å². The van der Waals surface area contributed by atoms with Crippen molar-refractivity contribution >= 4 is 5.91 Å². The minimum absolute atomic E-state index is 0.0928. The normalized spacial score (nSPS) is 11.6. The number of nitrogens with one attached hydrogen (secondary N) is 1. The van der Waals surface area contributed by atoms with Gasteiger partial charge in [0.15, 0.2) is 0 Å². The van der Waals surface area contributed by atoms with Crippen LogP contribution in [0.15, 0.2) is 85.2 Å². The molecule has 4 aromatic rings. The van der Waals surface area contributed by atoms with Crippen LogP contribution in [-0.4, -0.2) is 15.9 Å². The van der Waals surface area contributed by atoms with E-state index in [9.17, 15) is 9.18 Å². The van der Waals surface area contributed by atoms with Crippen molar-refractivity contribution in [3.8, 4) is 22.9 Å². The Balaban J connectivity index is 1.39. The van der Waals surface area contributed by atoms with Crippen LogP contribution in [0.25, 0.3) is 11.1 Å². The Morgan fingerprint density at radius 1 is 0.875 bits per heavy atom. The van der Waals surface area contributed by atoms with Gasteiger partial charge in [0.2, 0.25) is 0 Å². The predicted molar refractivity (Wildman–Crippen MR) is 121 cm³/mol. The number of benzene rings is 3. The summed E-state index contributed by atoms with van der Waals surface area (Å²) in [5.41, 5.74) is 4.48. The molecule has 1 atom stereocenters. The highest BCUT2D eigenvalue weighted by Gasteiger charge is 2.12. The van der Waals surface area contributed by atoms with Gasteiger partial charge in [-0.25, -0.2) is 14.4 Å². The van der Waals surface area contributed by atoms with Gasteiger partial charge in [0.25, 0.3) is 5.91 Å². The average Bonchev–Trinajstić information content (AvgIpc) is 2.81. The van der Waals surface area contributed by atoms with Crippen molar-refractivity contribution in [3.63, 3.8) is 0 Å². The first-order valence-electron chi connectivity index (χ1n) is 10.2. The van der Waals surface area contributed by atoms with Gasteiger partial charge in [0, 0.05) is 23.5 Å². The number of carbonyl (C=O) groups excluding carboxylic acids is 1. The summed E-state index contributed by atoms with van der Waals surface area (Å²) in [6.45, 7) is 4.00. The van der Waals surface area contributed by atoms with E-state index in [1.54, 1.807) is 24.5 Å². The van der Waals surface area contributed by atoms with E-state index >= 15 is 0 Å². The van der Waals surface area contributed by atoms with Crippen molar-refractivity contribution in [3.05, 3.63) is 108 Å². The summed E-state index contributed by atoms with van der Waals surface area (Å²) >= 11 is 0. The maximum atomic E-state index is 13.0. The molecule has 0 aliphatic carbocycles. The molecule has 0 bridgehead atoms. The topological polar surface area (TPSA) is 64.1 Å². The highest BCUT2D eigenvalue weighted by molar-refractivity contribution is 5.94. The zero-order valence-corrected chi connectivity index (χ0v) is 17.7. The molecule has 4 rings (SSSR count). The summed E-state index contributed by atoms with van der Waals surface area (Å²) in [6.07, 6.45) is 3.28. The fraction of sp³-hybridized carbons (Fsp3) is 0.115. The number of nitrogens with zero attached hydrogens (tertiary/aromatic N) is 2. The van der Waals surface area contributed by atoms with Crippen LogP contribution in [0.1, 0.15) is 34.5 Å². The molecule has 0 saturated heterocycles. The molecule has 3 aromatic carbocycles. The van der Waals surface area contributed by atoms with Crippen LogP contribution in [0.5, 0.6) is 11.8 Å². The third-order valence-electron chi connectivity index (χ3n) is 5.06. The third-order valence-corrected chi connectivity index (χ3v) is 5.06. The van der Waals surface area contributed by atoms with Crippen LogP contribution in [0.2, 0.25) is 0 Å². The second-order valence-corrected chi connectivity index (χ2v) is 7.49. The number of amides is 1. The lowest BCUT2D eigenvalue weighted by molar-refractivity contribution is 0.0940. The minimum Gasteiger partial charge on any atom is -0.424 e. The lowest BCUT2D eigenvalue weighted by Gasteiger charge is -2.15. The van der Waals surface area contributed by atoms with E-state index in [1.807, 2.05) is 50.2 Å². The standard InChI is InChI=1S/C26H22FN3O2/c1-17-3-5-19(6-4-17)18(2)30-25(31)21-9-7-20(8-10-21)22-15-28-26(29-16-22)32-24-13-11-23(27)12-14-24/h3-16,18H,1-2H3,(H,30,31)/t18-/m1/s1. The van der Waals surface area contributed by atoms with Crippen LogP contribution >= 0.6 is 0 Å². The Labute approximate surface area is 185 Å². The molecule has 0 fully saturated rings. The van der Waals surface area contributed by atoms with E-state index in [2.05, 4.69) is 15.3 Å². The van der Waals surface area contributed by atoms with Crippen molar-refractivity contribution in [1.29, 1.82) is 0 Å². The van der Waals surface area contributed by atoms with E-state index in [0.717, 1.165) is 16.7 Å². The molecule has 0 unspecified atom stereocenters. The van der Waals surface area contributed by atoms with Gasteiger partial charge in [-0.2, -0.15) is 0 Å². The monoisotopic (exact) mass is 427 g/mol. The van der Waals surface area contributed by atoms with E-state index in [4.69, 9.17) is 4.74 Å². The maximum absolute atomic E-state index is 13.0. The molecule has 0 aliphatic heterocycles. The lowest BCUT2D eigenvalue weighted by Crippen LogP contribution is -2.26. The minimum atomic E-state index is -0.338. The Kier molecular flexibility index (Phi) is 6.22. The first-order chi connectivity index (χ1) is 15.5. The molecule has 160 valence electrons. The summed E-state index contributed by atoms with van der Waals surface area (Å²) in [4.78, 5) is 21.0. The Morgan fingerprint density at radius 3 is 2.12 bits per heavy atom. The van der Waals surface area contributed by atoms with Gasteiger partial charge in [-0.3, -0.25) is 4.79 Å². The second kappa shape index (κ2) is 9.39. The predicted octanol–water partition coefficient (Wildman–Crippen LogP) is 5.87. The summed E-state index contributed by atoms with van der Waals surface area (Å²) in [7, 11) is 0. The first-order valence-corrected chi connectivity index (χ1v) is 10.2. The summed E-state index contributed by atoms with van der Waals surface area (Å²) < 4.78 is 18.5. The van der Waals surface area contributed by atoms with Crippen LogP contribution in [0.4, 0.5) is 4.39 Å². The van der Waals surface area contributed by atoms with Crippen LogP contribution < -0.4 is 10.1 Å². The van der Waals surface area contributed by atoms with Crippen molar-refractivity contribution < 1.29 is 13.9 Å². The first kappa shape index (κ1) is 21.2. The third kappa shape index (κ3) is 5.16. The molecule has 1 amide bonds. The zero-order valence-electron chi connectivity index (χ0n) is 17.7. The van der Waals surface area contributed by atoms with Gasteiger partial charge in [0.1, 0.15) is 11.6 Å². The van der Waals surface area contributed by atoms with E-state index in [1.165, 1.54) is 29.8 Å². The SMILES string of the molecule is Cc1ccc([C@@H](C)NC(=O)c2ccc(-c3cnc(Oc4ccc(F)cc4)nc3)cc2)cc1. The van der Waals surface area contributed by atoms with Gasteiger partial charge in [-0.15, -0.1) is 0 Å². The van der Waals surface area contributed by atoms with Crippen molar-refractivity contribution in [1.82, 2.24) is 15.3 Å². The highest BCUT2D eigenvalue weighted by Crippen LogP contribution is 2.22. The molecule has 32 heavy (non-hydrogen) atoms. The van der Waals surface area contributed by atoms with Gasteiger partial charge in [-0.1, -0.05) is 42.0 Å². The van der Waals surface area contributed by atoms with Gasteiger partial charge < -0.3 is 10.1 Å².